The Hall–Kier alpha value is -3.38. The molecule has 0 unspecified atom stereocenters. The average Bonchev–Trinajstić information content (AvgIpc) is 3.05. The molecule has 9 nitrogen and oxygen atoms in total. The standard InChI is InChI=1S/C21H12Cl2N4O5S2/c22-15(9-13-1-5-17(6-2-13)26(29)30)11-19-20(28)25(21(33)34-19)24-12-16(23)10-14-3-7-18(8-4-14)27(31)32/h1-12H/b15-9-,16-10-,19-11-,24-12+. The third-order valence-corrected chi connectivity index (χ3v) is 5.86. The molecule has 0 bridgehead atoms. The zero-order valence-electron chi connectivity index (χ0n) is 16.8. The van der Waals surface area contributed by atoms with Gasteiger partial charge in [0.15, 0.2) is 4.32 Å². The summed E-state index contributed by atoms with van der Waals surface area (Å²) in [5, 5.41) is 26.8. The van der Waals surface area contributed by atoms with Crippen LogP contribution in [0, 0.1) is 20.2 Å². The van der Waals surface area contributed by atoms with E-state index in [2.05, 4.69) is 5.10 Å². The Kier molecular flexibility index (Phi) is 8.29. The molecular weight excluding hydrogens is 523 g/mol. The van der Waals surface area contributed by atoms with E-state index in [1.807, 2.05) is 0 Å². The summed E-state index contributed by atoms with van der Waals surface area (Å²) < 4.78 is 0.173. The van der Waals surface area contributed by atoms with Crippen LogP contribution < -0.4 is 0 Å². The number of rotatable bonds is 7. The van der Waals surface area contributed by atoms with Crippen molar-refractivity contribution in [3.63, 3.8) is 0 Å². The largest absolute Gasteiger partial charge is 0.286 e. The summed E-state index contributed by atoms with van der Waals surface area (Å²) in [7, 11) is 0. The predicted octanol–water partition coefficient (Wildman–Crippen LogP) is 6.09. The van der Waals surface area contributed by atoms with Crippen LogP contribution in [0.2, 0.25) is 0 Å². The van der Waals surface area contributed by atoms with Crippen molar-refractivity contribution in [3.05, 3.63) is 101 Å². The molecule has 172 valence electrons. The van der Waals surface area contributed by atoms with Gasteiger partial charge in [-0.3, -0.25) is 25.0 Å². The minimum absolute atomic E-state index is 0.0479. The van der Waals surface area contributed by atoms with Gasteiger partial charge in [-0.1, -0.05) is 35.0 Å². The van der Waals surface area contributed by atoms with Gasteiger partial charge in [0.2, 0.25) is 0 Å². The van der Waals surface area contributed by atoms with Crippen molar-refractivity contribution in [2.24, 2.45) is 5.10 Å². The SMILES string of the molecule is O=C1/C(=C/C(Cl)=C/c2ccc([N+](=O)[O-])cc2)SC(=S)N1/N=C/C(Cl)=C/c1ccc([N+](=O)[O-])cc1. The van der Waals surface area contributed by atoms with E-state index in [1.54, 1.807) is 6.08 Å². The van der Waals surface area contributed by atoms with Crippen LogP contribution in [0.3, 0.4) is 0 Å². The fourth-order valence-corrected chi connectivity index (χ4v) is 4.21. The fourth-order valence-electron chi connectivity index (χ4n) is 2.58. The molecule has 1 amide bonds. The van der Waals surface area contributed by atoms with Crippen molar-refractivity contribution in [3.8, 4) is 0 Å². The van der Waals surface area contributed by atoms with Gasteiger partial charge in [0.05, 0.1) is 26.0 Å². The van der Waals surface area contributed by atoms with E-state index in [-0.39, 0.29) is 30.7 Å². The molecule has 0 radical (unpaired) electrons. The van der Waals surface area contributed by atoms with Gasteiger partial charge in [0.25, 0.3) is 17.3 Å². The number of halogens is 2. The topological polar surface area (TPSA) is 119 Å². The lowest BCUT2D eigenvalue weighted by Gasteiger charge is -2.05. The fraction of sp³-hybridized carbons (Fsp3) is 0. The third-order valence-electron chi connectivity index (χ3n) is 4.16. The first kappa shape index (κ1) is 25.2. The van der Waals surface area contributed by atoms with Gasteiger partial charge in [0, 0.05) is 29.3 Å². The lowest BCUT2D eigenvalue weighted by molar-refractivity contribution is -0.385. The molecule has 3 rings (SSSR count). The van der Waals surface area contributed by atoms with Crippen molar-refractivity contribution in [2.75, 3.05) is 0 Å². The lowest BCUT2D eigenvalue weighted by atomic mass is 10.2. The maximum absolute atomic E-state index is 12.6. The third kappa shape index (κ3) is 6.58. The summed E-state index contributed by atoms with van der Waals surface area (Å²) in [4.78, 5) is 33.3. The molecule has 1 aliphatic heterocycles. The highest BCUT2D eigenvalue weighted by atomic mass is 35.5. The molecule has 1 saturated heterocycles. The maximum atomic E-state index is 12.6. The minimum Gasteiger partial charge on any atom is -0.266 e. The summed E-state index contributed by atoms with van der Waals surface area (Å²) in [6.07, 6.45) is 5.72. The Morgan fingerprint density at radius 1 is 0.912 bits per heavy atom. The minimum atomic E-state index is -0.507. The summed E-state index contributed by atoms with van der Waals surface area (Å²) >= 11 is 18.6. The number of thiocarbonyl (C=S) groups is 1. The van der Waals surface area contributed by atoms with E-state index in [4.69, 9.17) is 35.4 Å². The van der Waals surface area contributed by atoms with E-state index < -0.39 is 15.8 Å². The summed E-state index contributed by atoms with van der Waals surface area (Å²) in [5.41, 5.74) is 1.12. The van der Waals surface area contributed by atoms with Gasteiger partial charge in [-0.25, -0.2) is 0 Å². The average molecular weight is 535 g/mol. The van der Waals surface area contributed by atoms with Gasteiger partial charge in [-0.2, -0.15) is 10.1 Å². The Labute approximate surface area is 212 Å². The quantitative estimate of drug-likeness (QED) is 0.138. The molecule has 1 fully saturated rings. The highest BCUT2D eigenvalue weighted by Crippen LogP contribution is 2.33. The number of nitro benzene ring substituents is 2. The highest BCUT2D eigenvalue weighted by molar-refractivity contribution is 8.26. The number of thioether (sulfide) groups is 1. The van der Waals surface area contributed by atoms with Gasteiger partial charge < -0.3 is 0 Å². The van der Waals surface area contributed by atoms with E-state index in [1.165, 1.54) is 66.9 Å². The van der Waals surface area contributed by atoms with Crippen molar-refractivity contribution in [1.82, 2.24) is 5.01 Å². The molecule has 34 heavy (non-hydrogen) atoms. The number of hydrogen-bond donors (Lipinski definition) is 0. The second-order valence-corrected chi connectivity index (χ2v) is 9.04. The Morgan fingerprint density at radius 3 is 1.85 bits per heavy atom. The number of allylic oxidation sites excluding steroid dienone is 3. The molecule has 0 spiro atoms. The first-order chi connectivity index (χ1) is 16.1. The van der Waals surface area contributed by atoms with Crippen LogP contribution in [0.4, 0.5) is 11.4 Å². The molecule has 0 N–H and O–H groups in total. The van der Waals surface area contributed by atoms with Gasteiger partial charge in [-0.15, -0.1) is 0 Å². The molecule has 2 aromatic rings. The molecular formula is C21H12Cl2N4O5S2. The number of nitrogens with zero attached hydrogens (tertiary/aromatic N) is 4. The Balaban J connectivity index is 1.70. The second kappa shape index (κ2) is 11.2. The zero-order valence-corrected chi connectivity index (χ0v) is 20.0. The summed E-state index contributed by atoms with van der Waals surface area (Å²) in [6, 6.07) is 11.5. The van der Waals surface area contributed by atoms with Crippen LogP contribution in [0.15, 0.2) is 74.7 Å². The molecule has 0 atom stereocenters. The summed E-state index contributed by atoms with van der Waals surface area (Å²) in [5.74, 6) is -0.499. The number of carbonyl (C=O) groups is 1. The van der Waals surface area contributed by atoms with Gasteiger partial charge in [0.1, 0.15) is 0 Å². The molecule has 1 aliphatic rings. The van der Waals surface area contributed by atoms with Crippen LogP contribution in [0.1, 0.15) is 11.1 Å². The number of hydrogen-bond acceptors (Lipinski definition) is 8. The second-order valence-electron chi connectivity index (χ2n) is 6.49. The van der Waals surface area contributed by atoms with Gasteiger partial charge >= 0.3 is 0 Å². The monoisotopic (exact) mass is 534 g/mol. The van der Waals surface area contributed by atoms with E-state index >= 15 is 0 Å². The van der Waals surface area contributed by atoms with Crippen LogP contribution >= 0.6 is 47.2 Å². The van der Waals surface area contributed by atoms with E-state index in [0.29, 0.717) is 11.1 Å². The van der Waals surface area contributed by atoms with Crippen molar-refractivity contribution in [1.29, 1.82) is 0 Å². The molecule has 0 saturated carbocycles. The van der Waals surface area contributed by atoms with Crippen LogP contribution in [-0.4, -0.2) is 31.3 Å². The number of non-ortho nitro benzene ring substituents is 2. The molecule has 0 aliphatic carbocycles. The molecule has 13 heteroatoms. The number of nitro groups is 2. The highest BCUT2D eigenvalue weighted by Gasteiger charge is 2.32. The van der Waals surface area contributed by atoms with Crippen LogP contribution in [0.5, 0.6) is 0 Å². The first-order valence-corrected chi connectivity index (χ1v) is 11.2. The number of benzene rings is 2. The van der Waals surface area contributed by atoms with Crippen LogP contribution in [-0.2, 0) is 4.79 Å². The Morgan fingerprint density at radius 2 is 1.38 bits per heavy atom. The molecule has 1 heterocycles. The molecule has 2 aromatic carbocycles. The number of carbonyl (C=O) groups excluding carboxylic acids is 1. The van der Waals surface area contributed by atoms with Crippen molar-refractivity contribution < 1.29 is 14.6 Å². The van der Waals surface area contributed by atoms with E-state index in [0.717, 1.165) is 16.8 Å². The number of amides is 1. The van der Waals surface area contributed by atoms with E-state index in [9.17, 15) is 25.0 Å². The van der Waals surface area contributed by atoms with Crippen LogP contribution in [0.25, 0.3) is 12.2 Å². The normalized spacial score (nSPS) is 16.1. The lowest BCUT2D eigenvalue weighted by Crippen LogP contribution is -2.22. The Bertz CT molecular complexity index is 1290. The number of hydrazone groups is 1. The van der Waals surface area contributed by atoms with Crippen molar-refractivity contribution >= 4 is 87.2 Å². The van der Waals surface area contributed by atoms with Crippen molar-refractivity contribution in [2.45, 2.75) is 0 Å². The smallest absolute Gasteiger partial charge is 0.266 e. The maximum Gasteiger partial charge on any atom is 0.286 e. The molecule has 0 aromatic heterocycles. The predicted molar refractivity (Wildman–Crippen MR) is 137 cm³/mol. The van der Waals surface area contributed by atoms with Gasteiger partial charge in [-0.05, 0) is 65.8 Å². The summed E-state index contributed by atoms with van der Waals surface area (Å²) in [6.45, 7) is 0. The first-order valence-electron chi connectivity index (χ1n) is 9.19. The zero-order chi connectivity index (χ0) is 24.8.